The zero-order valence-electron chi connectivity index (χ0n) is 16.0. The molecule has 2 aromatic carbocycles. The lowest BCUT2D eigenvalue weighted by molar-refractivity contribution is -0.138. The largest absolute Gasteiger partial charge is 0.355 e. The maximum atomic E-state index is 12.9. The first-order chi connectivity index (χ1) is 13.4. The van der Waals surface area contributed by atoms with E-state index >= 15 is 0 Å². The number of halogens is 2. The van der Waals surface area contributed by atoms with Crippen molar-refractivity contribution in [1.29, 1.82) is 0 Å². The number of thioether (sulfide) groups is 1. The molecule has 2 amide bonds. The SMILES string of the molecule is CCNC(=O)[C@H](C)N(Cc1cccc(Cl)c1)C(=O)CSCc1ccccc1Cl. The van der Waals surface area contributed by atoms with E-state index < -0.39 is 6.04 Å². The Morgan fingerprint density at radius 2 is 1.89 bits per heavy atom. The third-order valence-electron chi connectivity index (χ3n) is 4.20. The molecule has 7 heteroatoms. The van der Waals surface area contributed by atoms with Crippen molar-refractivity contribution >= 4 is 46.8 Å². The number of hydrogen-bond acceptors (Lipinski definition) is 3. The van der Waals surface area contributed by atoms with E-state index in [9.17, 15) is 9.59 Å². The molecule has 0 aliphatic carbocycles. The Balaban J connectivity index is 2.07. The average molecular weight is 439 g/mol. The van der Waals surface area contributed by atoms with E-state index in [1.54, 1.807) is 17.9 Å². The molecular formula is C21H24Cl2N2O2S. The summed E-state index contributed by atoms with van der Waals surface area (Å²) < 4.78 is 0. The Hall–Kier alpha value is -1.69. The molecule has 0 aromatic heterocycles. The average Bonchev–Trinajstić information content (AvgIpc) is 2.67. The number of nitrogens with one attached hydrogen (secondary N) is 1. The first-order valence-electron chi connectivity index (χ1n) is 9.05. The van der Waals surface area contributed by atoms with Gasteiger partial charge in [0, 0.05) is 28.9 Å². The summed E-state index contributed by atoms with van der Waals surface area (Å²) in [7, 11) is 0. The van der Waals surface area contributed by atoms with E-state index in [0.29, 0.717) is 28.9 Å². The molecule has 0 unspecified atom stereocenters. The van der Waals surface area contributed by atoms with Crippen LogP contribution in [0.15, 0.2) is 48.5 Å². The van der Waals surface area contributed by atoms with Crippen LogP contribution < -0.4 is 5.32 Å². The molecule has 0 saturated carbocycles. The van der Waals surface area contributed by atoms with Crippen molar-refractivity contribution in [3.05, 3.63) is 69.7 Å². The number of hydrogen-bond donors (Lipinski definition) is 1. The van der Waals surface area contributed by atoms with Gasteiger partial charge in [-0.3, -0.25) is 9.59 Å². The van der Waals surface area contributed by atoms with Crippen molar-refractivity contribution in [3.63, 3.8) is 0 Å². The predicted molar refractivity (Wildman–Crippen MR) is 118 cm³/mol. The van der Waals surface area contributed by atoms with Crippen LogP contribution >= 0.6 is 35.0 Å². The molecule has 0 spiro atoms. The third-order valence-corrected chi connectivity index (χ3v) is 5.77. The number of carbonyl (C=O) groups is 2. The Kier molecular flexibility index (Phi) is 9.16. The highest BCUT2D eigenvalue weighted by Crippen LogP contribution is 2.22. The van der Waals surface area contributed by atoms with Crippen LogP contribution in [0.5, 0.6) is 0 Å². The summed E-state index contributed by atoms with van der Waals surface area (Å²) in [5.74, 6) is 0.617. The van der Waals surface area contributed by atoms with Gasteiger partial charge in [-0.15, -0.1) is 11.8 Å². The topological polar surface area (TPSA) is 49.4 Å². The zero-order chi connectivity index (χ0) is 20.5. The molecule has 1 atom stereocenters. The summed E-state index contributed by atoms with van der Waals surface area (Å²) in [6.07, 6.45) is 0. The van der Waals surface area contributed by atoms with Crippen LogP contribution in [0, 0.1) is 0 Å². The second-order valence-electron chi connectivity index (χ2n) is 6.31. The zero-order valence-corrected chi connectivity index (χ0v) is 18.3. The molecule has 0 heterocycles. The van der Waals surface area contributed by atoms with Gasteiger partial charge in [-0.2, -0.15) is 0 Å². The fourth-order valence-electron chi connectivity index (χ4n) is 2.68. The first kappa shape index (κ1) is 22.6. The number of amides is 2. The van der Waals surface area contributed by atoms with Gasteiger partial charge in [0.25, 0.3) is 0 Å². The standard InChI is InChI=1S/C21H24Cl2N2O2S/c1-3-24-21(27)15(2)25(12-16-7-6-9-18(22)11-16)20(26)14-28-13-17-8-4-5-10-19(17)23/h4-11,15H,3,12-14H2,1-2H3,(H,24,27)/t15-/m0/s1. The lowest BCUT2D eigenvalue weighted by atomic mass is 10.1. The molecule has 0 aliphatic heterocycles. The molecule has 28 heavy (non-hydrogen) atoms. The molecule has 150 valence electrons. The Morgan fingerprint density at radius 3 is 2.57 bits per heavy atom. The van der Waals surface area contributed by atoms with Crippen LogP contribution in [0.1, 0.15) is 25.0 Å². The van der Waals surface area contributed by atoms with Gasteiger partial charge >= 0.3 is 0 Å². The second kappa shape index (κ2) is 11.3. The number of carbonyl (C=O) groups excluding carboxylic acids is 2. The summed E-state index contributed by atoms with van der Waals surface area (Å²) in [5, 5.41) is 4.07. The van der Waals surface area contributed by atoms with Gasteiger partial charge in [0.2, 0.25) is 11.8 Å². The Morgan fingerprint density at radius 1 is 1.14 bits per heavy atom. The first-order valence-corrected chi connectivity index (χ1v) is 11.0. The van der Waals surface area contributed by atoms with Crippen molar-refractivity contribution < 1.29 is 9.59 Å². The molecule has 4 nitrogen and oxygen atoms in total. The van der Waals surface area contributed by atoms with Gasteiger partial charge in [-0.05, 0) is 43.2 Å². The summed E-state index contributed by atoms with van der Waals surface area (Å²) in [4.78, 5) is 26.8. The minimum absolute atomic E-state index is 0.101. The van der Waals surface area contributed by atoms with Gasteiger partial charge < -0.3 is 10.2 Å². The van der Waals surface area contributed by atoms with Crippen molar-refractivity contribution in [2.24, 2.45) is 0 Å². The smallest absolute Gasteiger partial charge is 0.242 e. The lowest BCUT2D eigenvalue weighted by Crippen LogP contribution is -2.48. The van der Waals surface area contributed by atoms with E-state index in [0.717, 1.165) is 11.1 Å². The number of likely N-dealkylation sites (N-methyl/N-ethyl adjacent to an activating group) is 1. The van der Waals surface area contributed by atoms with Crippen molar-refractivity contribution in [1.82, 2.24) is 10.2 Å². The maximum absolute atomic E-state index is 12.9. The summed E-state index contributed by atoms with van der Waals surface area (Å²) in [6.45, 7) is 4.44. The third kappa shape index (κ3) is 6.73. The van der Waals surface area contributed by atoms with Gasteiger partial charge in [0.15, 0.2) is 0 Å². The van der Waals surface area contributed by atoms with Crippen LogP contribution in [0.2, 0.25) is 10.0 Å². The second-order valence-corrected chi connectivity index (χ2v) is 8.14. The van der Waals surface area contributed by atoms with Crippen LogP contribution in [-0.2, 0) is 21.9 Å². The number of nitrogens with zero attached hydrogens (tertiary/aromatic N) is 1. The summed E-state index contributed by atoms with van der Waals surface area (Å²) >= 11 is 13.7. The van der Waals surface area contributed by atoms with Crippen LogP contribution in [0.4, 0.5) is 0 Å². The van der Waals surface area contributed by atoms with Gasteiger partial charge in [0.05, 0.1) is 5.75 Å². The number of rotatable bonds is 9. The highest BCUT2D eigenvalue weighted by atomic mass is 35.5. The van der Waals surface area contributed by atoms with Gasteiger partial charge in [-0.25, -0.2) is 0 Å². The highest BCUT2D eigenvalue weighted by Gasteiger charge is 2.25. The minimum atomic E-state index is -0.577. The molecule has 2 aromatic rings. The molecule has 0 saturated heterocycles. The molecule has 0 bridgehead atoms. The van der Waals surface area contributed by atoms with Gasteiger partial charge in [0.1, 0.15) is 6.04 Å². The molecule has 0 aliphatic rings. The number of benzene rings is 2. The van der Waals surface area contributed by atoms with E-state index in [4.69, 9.17) is 23.2 Å². The van der Waals surface area contributed by atoms with Gasteiger partial charge in [-0.1, -0.05) is 53.5 Å². The van der Waals surface area contributed by atoms with Crippen LogP contribution in [0.3, 0.4) is 0 Å². The van der Waals surface area contributed by atoms with Crippen LogP contribution in [-0.4, -0.2) is 35.1 Å². The predicted octanol–water partition coefficient (Wildman–Crippen LogP) is 4.78. The normalized spacial score (nSPS) is 11.7. The molecule has 2 rings (SSSR count). The minimum Gasteiger partial charge on any atom is -0.355 e. The molecule has 1 N–H and O–H groups in total. The van der Waals surface area contributed by atoms with Crippen molar-refractivity contribution in [2.75, 3.05) is 12.3 Å². The Bertz CT molecular complexity index is 816. The van der Waals surface area contributed by atoms with E-state index in [2.05, 4.69) is 5.32 Å². The summed E-state index contributed by atoms with van der Waals surface area (Å²) in [5.41, 5.74) is 1.87. The molecule has 0 radical (unpaired) electrons. The summed E-state index contributed by atoms with van der Waals surface area (Å²) in [6, 6.07) is 14.3. The molecular weight excluding hydrogens is 415 g/mol. The van der Waals surface area contributed by atoms with Crippen LogP contribution in [0.25, 0.3) is 0 Å². The fraction of sp³-hybridized carbons (Fsp3) is 0.333. The Labute approximate surface area is 180 Å². The lowest BCUT2D eigenvalue weighted by Gasteiger charge is -2.28. The van der Waals surface area contributed by atoms with E-state index in [-0.39, 0.29) is 17.6 Å². The van der Waals surface area contributed by atoms with Crippen molar-refractivity contribution in [3.8, 4) is 0 Å². The van der Waals surface area contributed by atoms with E-state index in [1.165, 1.54) is 11.8 Å². The quantitative estimate of drug-likeness (QED) is 0.612. The fourth-order valence-corrected chi connectivity index (χ4v) is 4.09. The maximum Gasteiger partial charge on any atom is 0.242 e. The molecule has 0 fully saturated rings. The monoisotopic (exact) mass is 438 g/mol. The van der Waals surface area contributed by atoms with E-state index in [1.807, 2.05) is 49.4 Å². The highest BCUT2D eigenvalue weighted by molar-refractivity contribution is 7.99. The van der Waals surface area contributed by atoms with Crippen molar-refractivity contribution in [2.45, 2.75) is 32.2 Å².